The van der Waals surface area contributed by atoms with Crippen LogP contribution in [0.3, 0.4) is 0 Å². The third-order valence-corrected chi connectivity index (χ3v) is 2.70. The highest BCUT2D eigenvalue weighted by Gasteiger charge is 2.30. The average molecular weight is 247 g/mol. The minimum Gasteiger partial charge on any atom is -0.497 e. The molecule has 2 amide bonds. The molecular weight excluding hydrogens is 234 g/mol. The van der Waals surface area contributed by atoms with Crippen LogP contribution in [0.5, 0.6) is 11.5 Å². The van der Waals surface area contributed by atoms with Gasteiger partial charge in [0.2, 0.25) is 0 Å². The van der Waals surface area contributed by atoms with E-state index in [9.17, 15) is 9.59 Å². The van der Waals surface area contributed by atoms with Crippen molar-refractivity contribution < 1.29 is 19.1 Å². The molecule has 1 aliphatic rings. The molecule has 0 fully saturated rings. The Hall–Kier alpha value is -2.30. The van der Waals surface area contributed by atoms with Crippen LogP contribution in [-0.4, -0.2) is 26.0 Å². The van der Waals surface area contributed by atoms with Gasteiger partial charge in [-0.25, -0.2) is 4.90 Å². The van der Waals surface area contributed by atoms with Crippen molar-refractivity contribution in [2.24, 2.45) is 0 Å². The number of carbonyl (C=O) groups is 2. The highest BCUT2D eigenvalue weighted by molar-refractivity contribution is 6.30. The van der Waals surface area contributed by atoms with Crippen molar-refractivity contribution in [3.8, 4) is 11.5 Å². The molecule has 0 aromatic heterocycles. The lowest BCUT2D eigenvalue weighted by atomic mass is 10.2. The summed E-state index contributed by atoms with van der Waals surface area (Å²) in [7, 11) is 3.02. The van der Waals surface area contributed by atoms with Crippen molar-refractivity contribution in [2.45, 2.75) is 6.92 Å². The number of methoxy groups -OCH3 is 2. The molecule has 5 nitrogen and oxygen atoms in total. The van der Waals surface area contributed by atoms with E-state index in [1.165, 1.54) is 20.3 Å². The first-order valence-electron chi connectivity index (χ1n) is 5.36. The zero-order valence-electron chi connectivity index (χ0n) is 10.4. The van der Waals surface area contributed by atoms with Crippen molar-refractivity contribution in [1.29, 1.82) is 0 Å². The minimum absolute atomic E-state index is 0.324. The fourth-order valence-electron chi connectivity index (χ4n) is 1.75. The summed E-state index contributed by atoms with van der Waals surface area (Å²) in [6.45, 7) is 1.61. The van der Waals surface area contributed by atoms with E-state index in [1.807, 2.05) is 0 Å². The molecule has 0 saturated heterocycles. The molecule has 1 aliphatic heterocycles. The van der Waals surface area contributed by atoms with Gasteiger partial charge in [0.25, 0.3) is 11.8 Å². The normalized spacial score (nSPS) is 14.8. The minimum atomic E-state index is -0.354. The first kappa shape index (κ1) is 12.2. The molecule has 5 heteroatoms. The van der Waals surface area contributed by atoms with Gasteiger partial charge >= 0.3 is 0 Å². The van der Waals surface area contributed by atoms with Crippen molar-refractivity contribution in [3.05, 3.63) is 29.8 Å². The number of imide groups is 1. The van der Waals surface area contributed by atoms with E-state index in [2.05, 4.69) is 0 Å². The molecule has 1 aromatic carbocycles. The van der Waals surface area contributed by atoms with Gasteiger partial charge in [-0.2, -0.15) is 0 Å². The Kier molecular flexibility index (Phi) is 3.06. The Balaban J connectivity index is 2.46. The predicted molar refractivity (Wildman–Crippen MR) is 65.8 cm³/mol. The van der Waals surface area contributed by atoms with E-state index in [-0.39, 0.29) is 11.8 Å². The summed E-state index contributed by atoms with van der Waals surface area (Å²) in [5.74, 6) is 0.368. The van der Waals surface area contributed by atoms with Gasteiger partial charge in [0.05, 0.1) is 19.9 Å². The van der Waals surface area contributed by atoms with Gasteiger partial charge in [-0.3, -0.25) is 9.59 Å². The van der Waals surface area contributed by atoms with Crippen molar-refractivity contribution in [3.63, 3.8) is 0 Å². The lowest BCUT2D eigenvalue weighted by Crippen LogP contribution is -2.30. The van der Waals surface area contributed by atoms with Crippen LogP contribution in [0.4, 0.5) is 5.69 Å². The molecular formula is C13H13NO4. The summed E-state index contributed by atoms with van der Waals surface area (Å²) in [5, 5.41) is 0. The fraction of sp³-hybridized carbons (Fsp3) is 0.231. The number of nitrogens with zero attached hydrogens (tertiary/aromatic N) is 1. The number of hydrogen-bond donors (Lipinski definition) is 0. The summed E-state index contributed by atoms with van der Waals surface area (Å²) in [5.41, 5.74) is 0.857. The number of carbonyl (C=O) groups excluding carboxylic acids is 2. The van der Waals surface area contributed by atoms with Gasteiger partial charge in [0.15, 0.2) is 0 Å². The molecule has 0 aliphatic carbocycles. The highest BCUT2D eigenvalue weighted by atomic mass is 16.5. The van der Waals surface area contributed by atoms with Crippen LogP contribution in [0.1, 0.15) is 6.92 Å². The topological polar surface area (TPSA) is 55.8 Å². The molecule has 0 spiro atoms. The van der Waals surface area contributed by atoms with E-state index in [0.29, 0.717) is 22.8 Å². The molecule has 0 N–H and O–H groups in total. The third-order valence-electron chi connectivity index (χ3n) is 2.70. The Morgan fingerprint density at radius 3 is 1.94 bits per heavy atom. The zero-order valence-corrected chi connectivity index (χ0v) is 10.4. The SMILES string of the molecule is COc1cc(OC)cc(N2C(=O)C=C(C)C2=O)c1. The molecule has 1 heterocycles. The summed E-state index contributed by atoms with van der Waals surface area (Å²) in [6.07, 6.45) is 1.31. The molecule has 0 atom stereocenters. The number of benzene rings is 1. The highest BCUT2D eigenvalue weighted by Crippen LogP contribution is 2.31. The van der Waals surface area contributed by atoms with Crippen molar-refractivity contribution in [1.82, 2.24) is 0 Å². The molecule has 0 unspecified atom stereocenters. The van der Waals surface area contributed by atoms with E-state index in [0.717, 1.165) is 4.90 Å². The van der Waals surface area contributed by atoms with Crippen LogP contribution in [0.15, 0.2) is 29.8 Å². The Morgan fingerprint density at radius 2 is 1.56 bits per heavy atom. The maximum atomic E-state index is 11.9. The van der Waals surface area contributed by atoms with Crippen molar-refractivity contribution >= 4 is 17.5 Å². The smallest absolute Gasteiger partial charge is 0.261 e. The molecule has 1 aromatic rings. The van der Waals surface area contributed by atoms with Gasteiger partial charge < -0.3 is 9.47 Å². The summed E-state index contributed by atoms with van der Waals surface area (Å²) < 4.78 is 10.2. The van der Waals surface area contributed by atoms with Crippen molar-refractivity contribution in [2.75, 3.05) is 19.1 Å². The third kappa shape index (κ3) is 1.95. The lowest BCUT2D eigenvalue weighted by molar-refractivity contribution is -0.120. The van der Waals surface area contributed by atoms with Gasteiger partial charge in [0, 0.05) is 29.8 Å². The fourth-order valence-corrected chi connectivity index (χ4v) is 1.75. The predicted octanol–water partition coefficient (Wildman–Crippen LogP) is 1.52. The Bertz CT molecular complexity index is 526. The number of amides is 2. The average Bonchev–Trinajstić information content (AvgIpc) is 2.62. The van der Waals surface area contributed by atoms with Crippen LogP contribution in [0.25, 0.3) is 0 Å². The van der Waals surface area contributed by atoms with E-state index in [4.69, 9.17) is 9.47 Å². The van der Waals surface area contributed by atoms with E-state index < -0.39 is 0 Å². The molecule has 0 saturated carbocycles. The Morgan fingerprint density at radius 1 is 1.00 bits per heavy atom. The second-order valence-electron chi connectivity index (χ2n) is 3.88. The monoisotopic (exact) mass is 247 g/mol. The molecule has 2 rings (SSSR count). The number of rotatable bonds is 3. The first-order valence-corrected chi connectivity index (χ1v) is 5.36. The zero-order chi connectivity index (χ0) is 13.3. The van der Waals surface area contributed by atoms with Gasteiger partial charge in [-0.05, 0) is 6.92 Å². The van der Waals surface area contributed by atoms with Crippen LogP contribution in [0.2, 0.25) is 0 Å². The van der Waals surface area contributed by atoms with E-state index >= 15 is 0 Å². The van der Waals surface area contributed by atoms with Crippen LogP contribution >= 0.6 is 0 Å². The maximum Gasteiger partial charge on any atom is 0.261 e. The number of ether oxygens (including phenoxy) is 2. The molecule has 0 bridgehead atoms. The maximum absolute atomic E-state index is 11.9. The van der Waals surface area contributed by atoms with E-state index in [1.54, 1.807) is 25.1 Å². The molecule has 0 radical (unpaired) electrons. The number of anilines is 1. The number of hydrogen-bond acceptors (Lipinski definition) is 4. The summed E-state index contributed by atoms with van der Waals surface area (Å²) in [4.78, 5) is 24.7. The quantitative estimate of drug-likeness (QED) is 0.760. The molecule has 18 heavy (non-hydrogen) atoms. The van der Waals surface area contributed by atoms with Gasteiger partial charge in [0.1, 0.15) is 11.5 Å². The second-order valence-corrected chi connectivity index (χ2v) is 3.88. The van der Waals surface area contributed by atoms with Crippen LogP contribution < -0.4 is 14.4 Å². The second kappa shape index (κ2) is 4.52. The molecule has 94 valence electrons. The Labute approximate surface area is 105 Å². The standard InChI is InChI=1S/C13H13NO4/c1-8-4-12(15)14(13(8)16)9-5-10(17-2)7-11(6-9)18-3/h4-7H,1-3H3. The summed E-state index contributed by atoms with van der Waals surface area (Å²) >= 11 is 0. The summed E-state index contributed by atoms with van der Waals surface area (Å²) in [6, 6.07) is 4.91. The first-order chi connectivity index (χ1) is 8.56. The van der Waals surface area contributed by atoms with Gasteiger partial charge in [-0.15, -0.1) is 0 Å². The van der Waals surface area contributed by atoms with Crippen LogP contribution in [-0.2, 0) is 9.59 Å². The largest absolute Gasteiger partial charge is 0.497 e. The lowest BCUT2D eigenvalue weighted by Gasteiger charge is -2.16. The van der Waals surface area contributed by atoms with Gasteiger partial charge in [-0.1, -0.05) is 0 Å². The van der Waals surface area contributed by atoms with Crippen LogP contribution in [0, 0.1) is 0 Å².